The number of carbonyl (C=O) groups excluding carboxylic acids is 1. The van der Waals surface area contributed by atoms with E-state index < -0.39 is 23.7 Å². The molecule has 2 atom stereocenters. The third-order valence-corrected chi connectivity index (χ3v) is 5.38. The highest BCUT2D eigenvalue weighted by Gasteiger charge is 2.66. The van der Waals surface area contributed by atoms with E-state index in [1.54, 1.807) is 13.0 Å². The summed E-state index contributed by atoms with van der Waals surface area (Å²) in [6, 6.07) is 8.24. The van der Waals surface area contributed by atoms with E-state index in [-0.39, 0.29) is 21.3 Å². The Morgan fingerprint density at radius 1 is 1.17 bits per heavy atom. The molecule has 0 saturated heterocycles. The second-order valence-corrected chi connectivity index (χ2v) is 7.58. The van der Waals surface area contributed by atoms with Crippen LogP contribution in [0.4, 0.5) is 13.2 Å². The molecule has 0 fully saturated rings. The van der Waals surface area contributed by atoms with E-state index in [1.165, 1.54) is 44.4 Å². The van der Waals surface area contributed by atoms with Crippen LogP contribution in [-0.2, 0) is 15.2 Å². The summed E-state index contributed by atoms with van der Waals surface area (Å²) in [7, 11) is 1.25. The maximum atomic E-state index is 14.3. The summed E-state index contributed by atoms with van der Waals surface area (Å²) in [5.41, 5.74) is -1.63. The van der Waals surface area contributed by atoms with Gasteiger partial charge in [-0.05, 0) is 42.8 Å². The lowest BCUT2D eigenvalue weighted by atomic mass is 9.77. The summed E-state index contributed by atoms with van der Waals surface area (Å²) in [5, 5.41) is 3.88. The average molecular weight is 446 g/mol. The first-order valence-electron chi connectivity index (χ1n) is 8.50. The smallest absolute Gasteiger partial charge is 0.436 e. The van der Waals surface area contributed by atoms with Gasteiger partial charge in [0.25, 0.3) is 5.60 Å². The van der Waals surface area contributed by atoms with Crippen molar-refractivity contribution in [3.63, 3.8) is 0 Å². The van der Waals surface area contributed by atoms with Crippen molar-refractivity contribution in [3.8, 4) is 0 Å². The van der Waals surface area contributed by atoms with Crippen LogP contribution >= 0.6 is 23.2 Å². The molecule has 2 unspecified atom stereocenters. The van der Waals surface area contributed by atoms with Crippen molar-refractivity contribution in [3.05, 3.63) is 68.7 Å². The largest absolute Gasteiger partial charge is 0.465 e. The Bertz CT molecular complexity index is 987. The molecular weight excluding hydrogens is 430 g/mol. The zero-order chi connectivity index (χ0) is 21.6. The molecule has 1 aliphatic rings. The van der Waals surface area contributed by atoms with Gasteiger partial charge in [0.15, 0.2) is 0 Å². The van der Waals surface area contributed by atoms with Gasteiger partial charge in [0.05, 0.1) is 24.3 Å². The third kappa shape index (κ3) is 3.57. The first kappa shape index (κ1) is 21.5. The molecule has 1 aliphatic heterocycles. The molecule has 0 spiro atoms. The number of hydrogen-bond acceptors (Lipinski definition) is 4. The number of nitrogens with zero attached hydrogens (tertiary/aromatic N) is 1. The molecule has 0 aliphatic carbocycles. The van der Waals surface area contributed by atoms with Gasteiger partial charge in [-0.3, -0.25) is 0 Å². The Morgan fingerprint density at radius 2 is 1.79 bits per heavy atom. The Labute approximate surface area is 175 Å². The van der Waals surface area contributed by atoms with Crippen LogP contribution < -0.4 is 0 Å². The number of benzene rings is 2. The van der Waals surface area contributed by atoms with Crippen molar-refractivity contribution >= 4 is 34.9 Å². The van der Waals surface area contributed by atoms with Crippen LogP contribution in [0.2, 0.25) is 10.0 Å². The van der Waals surface area contributed by atoms with Gasteiger partial charge in [-0.15, -0.1) is 0 Å². The van der Waals surface area contributed by atoms with E-state index in [1.807, 2.05) is 0 Å². The first-order chi connectivity index (χ1) is 13.5. The molecule has 4 nitrogen and oxygen atoms in total. The number of rotatable bonds is 3. The molecule has 154 valence electrons. The minimum Gasteiger partial charge on any atom is -0.465 e. The van der Waals surface area contributed by atoms with Crippen molar-refractivity contribution in [2.75, 3.05) is 7.11 Å². The lowest BCUT2D eigenvalue weighted by molar-refractivity contribution is -0.287. The highest BCUT2D eigenvalue weighted by Crippen LogP contribution is 2.52. The average Bonchev–Trinajstić information content (AvgIpc) is 2.98. The quantitative estimate of drug-likeness (QED) is 0.551. The summed E-state index contributed by atoms with van der Waals surface area (Å²) in [6.07, 6.45) is -4.80. The second-order valence-electron chi connectivity index (χ2n) is 6.70. The SMILES string of the molecule is COC(=O)c1ccc(C2=NOC(c3cc(Cl)cc(Cl)c3)(C(F)(F)F)C2C)cc1C. The van der Waals surface area contributed by atoms with E-state index in [0.717, 1.165) is 0 Å². The number of aryl methyl sites for hydroxylation is 1. The van der Waals surface area contributed by atoms with Crippen LogP contribution in [0.5, 0.6) is 0 Å². The van der Waals surface area contributed by atoms with Crippen molar-refractivity contribution in [1.29, 1.82) is 0 Å². The summed E-state index contributed by atoms with van der Waals surface area (Å²) in [6.45, 7) is 3.03. The summed E-state index contributed by atoms with van der Waals surface area (Å²) < 4.78 is 47.5. The molecule has 0 bridgehead atoms. The molecule has 3 rings (SSSR count). The van der Waals surface area contributed by atoms with Crippen molar-refractivity contribution in [1.82, 2.24) is 0 Å². The van der Waals surface area contributed by atoms with Crippen LogP contribution in [0, 0.1) is 12.8 Å². The summed E-state index contributed by atoms with van der Waals surface area (Å²) in [5.74, 6) is -1.75. The number of halogens is 5. The van der Waals surface area contributed by atoms with Crippen molar-refractivity contribution in [2.45, 2.75) is 25.6 Å². The fraction of sp³-hybridized carbons (Fsp3) is 0.300. The highest BCUT2D eigenvalue weighted by atomic mass is 35.5. The molecular formula is C20H16Cl2F3NO3. The number of ether oxygens (including phenoxy) is 1. The standard InChI is InChI=1S/C20H16Cl2F3NO3/c1-10-6-12(4-5-16(10)18(27)28-3)17-11(2)19(29-26-17,20(23,24)25)13-7-14(21)9-15(22)8-13/h4-9,11H,1-3H3. The monoisotopic (exact) mass is 445 g/mol. The van der Waals surface area contributed by atoms with Crippen LogP contribution in [0.25, 0.3) is 0 Å². The maximum Gasteiger partial charge on any atom is 0.436 e. The predicted octanol–water partition coefficient (Wildman–Crippen LogP) is 5.92. The van der Waals surface area contributed by atoms with Crippen LogP contribution in [-0.4, -0.2) is 25.0 Å². The normalized spacial score (nSPS) is 21.5. The van der Waals surface area contributed by atoms with Gasteiger partial charge in [0, 0.05) is 21.2 Å². The molecule has 9 heteroatoms. The minimum absolute atomic E-state index is 0.0543. The minimum atomic E-state index is -4.80. The number of alkyl halides is 3. The molecule has 1 heterocycles. The fourth-order valence-electron chi connectivity index (χ4n) is 3.47. The number of carbonyl (C=O) groups is 1. The number of hydrogen-bond donors (Lipinski definition) is 0. The van der Waals surface area contributed by atoms with Gasteiger partial charge in [-0.2, -0.15) is 13.2 Å². The third-order valence-electron chi connectivity index (χ3n) is 4.95. The predicted molar refractivity (Wildman–Crippen MR) is 103 cm³/mol. The lowest BCUT2D eigenvalue weighted by Crippen LogP contribution is -2.48. The molecule has 29 heavy (non-hydrogen) atoms. The van der Waals surface area contributed by atoms with Gasteiger partial charge in [0.2, 0.25) is 0 Å². The molecule has 2 aromatic rings. The fourth-order valence-corrected chi connectivity index (χ4v) is 3.99. The van der Waals surface area contributed by atoms with Gasteiger partial charge in [-0.25, -0.2) is 4.79 Å². The molecule has 0 saturated carbocycles. The van der Waals surface area contributed by atoms with E-state index in [2.05, 4.69) is 5.16 Å². The van der Waals surface area contributed by atoms with E-state index in [0.29, 0.717) is 16.7 Å². The van der Waals surface area contributed by atoms with Gasteiger partial charge < -0.3 is 9.57 Å². The molecule has 2 aromatic carbocycles. The van der Waals surface area contributed by atoms with Crippen LogP contribution in [0.3, 0.4) is 0 Å². The van der Waals surface area contributed by atoms with Gasteiger partial charge >= 0.3 is 12.1 Å². The number of oxime groups is 1. The Balaban J connectivity index is 2.08. The molecule has 0 amide bonds. The molecule has 0 N–H and O–H groups in total. The van der Waals surface area contributed by atoms with Crippen LogP contribution in [0.15, 0.2) is 41.6 Å². The number of esters is 1. The Kier molecular flexibility index (Phi) is 5.58. The zero-order valence-electron chi connectivity index (χ0n) is 15.6. The van der Waals surface area contributed by atoms with Crippen molar-refractivity contribution < 1.29 is 27.5 Å². The van der Waals surface area contributed by atoms with Gasteiger partial charge in [-0.1, -0.05) is 41.3 Å². The summed E-state index contributed by atoms with van der Waals surface area (Å²) >= 11 is 11.9. The van der Waals surface area contributed by atoms with E-state index >= 15 is 0 Å². The van der Waals surface area contributed by atoms with Crippen molar-refractivity contribution in [2.24, 2.45) is 11.1 Å². The topological polar surface area (TPSA) is 47.9 Å². The number of methoxy groups -OCH3 is 1. The van der Waals surface area contributed by atoms with Crippen LogP contribution in [0.1, 0.15) is 34.0 Å². The highest BCUT2D eigenvalue weighted by molar-refractivity contribution is 6.34. The lowest BCUT2D eigenvalue weighted by Gasteiger charge is -2.34. The Hall–Kier alpha value is -2.25. The van der Waals surface area contributed by atoms with E-state index in [9.17, 15) is 18.0 Å². The second kappa shape index (κ2) is 7.54. The Morgan fingerprint density at radius 3 is 2.31 bits per heavy atom. The van der Waals surface area contributed by atoms with Gasteiger partial charge in [0.1, 0.15) is 0 Å². The van der Waals surface area contributed by atoms with E-state index in [4.69, 9.17) is 32.8 Å². The summed E-state index contributed by atoms with van der Waals surface area (Å²) in [4.78, 5) is 16.8. The zero-order valence-corrected chi connectivity index (χ0v) is 17.1. The first-order valence-corrected chi connectivity index (χ1v) is 9.25. The molecule has 0 aromatic heterocycles. The maximum absolute atomic E-state index is 14.3. The molecule has 0 radical (unpaired) electrons.